The highest BCUT2D eigenvalue weighted by atomic mass is 19.2. The molecule has 0 aliphatic carbocycles. The molecular formula is C17H17F3N4O. The first-order valence-corrected chi connectivity index (χ1v) is 7.95. The second-order valence-corrected chi connectivity index (χ2v) is 6.03. The number of nitrogens with zero attached hydrogens (tertiary/aromatic N) is 3. The predicted molar refractivity (Wildman–Crippen MR) is 86.7 cm³/mol. The summed E-state index contributed by atoms with van der Waals surface area (Å²) < 4.78 is 40.0. The third-order valence-corrected chi connectivity index (χ3v) is 4.19. The van der Waals surface area contributed by atoms with Gasteiger partial charge in [-0.3, -0.25) is 4.79 Å². The van der Waals surface area contributed by atoms with Gasteiger partial charge in [0.05, 0.1) is 17.3 Å². The number of benzene rings is 1. The summed E-state index contributed by atoms with van der Waals surface area (Å²) in [5.41, 5.74) is 0.431. The third-order valence-electron chi connectivity index (χ3n) is 4.19. The summed E-state index contributed by atoms with van der Waals surface area (Å²) in [5.74, 6) is -4.47. The standard InChI is InChI=1S/C17H17F3N4O/c1-10-4-7-14(23-22-10)24-8-2-3-11(9-24)17(25)21-13-6-5-12(18)15(19)16(13)20/h4-7,11H,2-3,8-9H2,1H3,(H,21,25). The normalized spacial score (nSPS) is 17.4. The highest BCUT2D eigenvalue weighted by molar-refractivity contribution is 5.93. The molecule has 1 atom stereocenters. The van der Waals surface area contributed by atoms with E-state index in [1.54, 1.807) is 0 Å². The van der Waals surface area contributed by atoms with E-state index in [-0.39, 0.29) is 5.69 Å². The number of aryl methyl sites for hydroxylation is 1. The molecule has 1 fully saturated rings. The van der Waals surface area contributed by atoms with E-state index >= 15 is 0 Å². The van der Waals surface area contributed by atoms with Crippen LogP contribution in [0.15, 0.2) is 24.3 Å². The lowest BCUT2D eigenvalue weighted by atomic mass is 9.97. The zero-order valence-corrected chi connectivity index (χ0v) is 13.6. The summed E-state index contributed by atoms with van der Waals surface area (Å²) in [6.45, 7) is 2.97. The molecule has 1 unspecified atom stereocenters. The molecule has 0 radical (unpaired) electrons. The van der Waals surface area contributed by atoms with Crippen molar-refractivity contribution in [3.05, 3.63) is 47.4 Å². The molecule has 1 aromatic carbocycles. The molecule has 5 nitrogen and oxygen atoms in total. The summed E-state index contributed by atoms with van der Waals surface area (Å²) in [4.78, 5) is 14.3. The van der Waals surface area contributed by atoms with E-state index in [1.165, 1.54) is 0 Å². The highest BCUT2D eigenvalue weighted by Gasteiger charge is 2.27. The molecule has 1 N–H and O–H groups in total. The molecule has 1 aliphatic heterocycles. The zero-order valence-electron chi connectivity index (χ0n) is 13.6. The van der Waals surface area contributed by atoms with Crippen molar-refractivity contribution in [1.82, 2.24) is 10.2 Å². The van der Waals surface area contributed by atoms with E-state index in [0.29, 0.717) is 18.8 Å². The average molecular weight is 350 g/mol. The van der Waals surface area contributed by atoms with Gasteiger partial charge in [-0.2, -0.15) is 5.10 Å². The van der Waals surface area contributed by atoms with E-state index in [2.05, 4.69) is 15.5 Å². The average Bonchev–Trinajstić information content (AvgIpc) is 2.63. The van der Waals surface area contributed by atoms with Crippen LogP contribution in [0.3, 0.4) is 0 Å². The molecule has 0 bridgehead atoms. The van der Waals surface area contributed by atoms with Crippen LogP contribution in [0, 0.1) is 30.3 Å². The Morgan fingerprint density at radius 2 is 1.96 bits per heavy atom. The monoisotopic (exact) mass is 350 g/mol. The number of hydrogen-bond donors (Lipinski definition) is 1. The largest absolute Gasteiger partial charge is 0.354 e. The van der Waals surface area contributed by atoms with Crippen molar-refractivity contribution in [1.29, 1.82) is 0 Å². The van der Waals surface area contributed by atoms with Crippen LogP contribution in [-0.2, 0) is 4.79 Å². The maximum absolute atomic E-state index is 13.7. The Labute approximate surface area is 142 Å². The topological polar surface area (TPSA) is 58.1 Å². The van der Waals surface area contributed by atoms with E-state index < -0.39 is 29.3 Å². The number of piperidine rings is 1. The first kappa shape index (κ1) is 17.2. The van der Waals surface area contributed by atoms with Crippen molar-refractivity contribution in [3.8, 4) is 0 Å². The fraction of sp³-hybridized carbons (Fsp3) is 0.353. The van der Waals surface area contributed by atoms with Crippen molar-refractivity contribution in [2.75, 3.05) is 23.3 Å². The molecule has 132 valence electrons. The van der Waals surface area contributed by atoms with Gasteiger partial charge in [0.1, 0.15) is 0 Å². The minimum absolute atomic E-state index is 0.365. The number of aromatic nitrogens is 2. The van der Waals surface area contributed by atoms with Crippen LogP contribution >= 0.6 is 0 Å². The Morgan fingerprint density at radius 3 is 2.68 bits per heavy atom. The van der Waals surface area contributed by atoms with Gasteiger partial charge >= 0.3 is 0 Å². The van der Waals surface area contributed by atoms with E-state index in [0.717, 1.165) is 30.8 Å². The molecule has 1 aliphatic rings. The minimum atomic E-state index is -1.60. The van der Waals surface area contributed by atoms with E-state index in [9.17, 15) is 18.0 Å². The van der Waals surface area contributed by atoms with Gasteiger partial charge in [-0.1, -0.05) is 0 Å². The maximum Gasteiger partial charge on any atom is 0.229 e. The zero-order chi connectivity index (χ0) is 18.0. The Bertz CT molecular complexity index is 782. The number of anilines is 2. The maximum atomic E-state index is 13.7. The van der Waals surface area contributed by atoms with Crippen molar-refractivity contribution >= 4 is 17.4 Å². The Hall–Kier alpha value is -2.64. The lowest BCUT2D eigenvalue weighted by Gasteiger charge is -2.32. The van der Waals surface area contributed by atoms with Gasteiger partial charge in [-0.25, -0.2) is 13.2 Å². The van der Waals surface area contributed by atoms with Gasteiger partial charge in [0, 0.05) is 13.1 Å². The fourth-order valence-corrected chi connectivity index (χ4v) is 2.82. The Morgan fingerprint density at radius 1 is 1.16 bits per heavy atom. The minimum Gasteiger partial charge on any atom is -0.354 e. The van der Waals surface area contributed by atoms with Gasteiger partial charge in [-0.05, 0) is 44.0 Å². The molecule has 1 amide bonds. The number of amides is 1. The van der Waals surface area contributed by atoms with Crippen molar-refractivity contribution in [3.63, 3.8) is 0 Å². The lowest BCUT2D eigenvalue weighted by Crippen LogP contribution is -2.41. The molecule has 2 heterocycles. The van der Waals surface area contributed by atoms with E-state index in [1.807, 2.05) is 24.0 Å². The van der Waals surface area contributed by atoms with E-state index in [4.69, 9.17) is 0 Å². The predicted octanol–water partition coefficient (Wildman–Crippen LogP) is 3.06. The molecule has 0 spiro atoms. The Kier molecular flexibility index (Phi) is 4.87. The second kappa shape index (κ2) is 7.08. The van der Waals surface area contributed by atoms with Crippen LogP contribution < -0.4 is 10.2 Å². The van der Waals surface area contributed by atoms with Crippen LogP contribution in [0.5, 0.6) is 0 Å². The molecule has 1 saturated heterocycles. The molecule has 3 rings (SSSR count). The van der Waals surface area contributed by atoms with Gasteiger partial charge in [-0.15, -0.1) is 5.10 Å². The van der Waals surface area contributed by atoms with Gasteiger partial charge in [0.15, 0.2) is 23.3 Å². The van der Waals surface area contributed by atoms with Crippen LogP contribution in [-0.4, -0.2) is 29.2 Å². The van der Waals surface area contributed by atoms with Gasteiger partial charge < -0.3 is 10.2 Å². The van der Waals surface area contributed by atoms with Crippen LogP contribution in [0.4, 0.5) is 24.7 Å². The quantitative estimate of drug-likeness (QED) is 0.865. The second-order valence-electron chi connectivity index (χ2n) is 6.03. The fourth-order valence-electron chi connectivity index (χ4n) is 2.82. The van der Waals surface area contributed by atoms with Crippen molar-refractivity contribution < 1.29 is 18.0 Å². The van der Waals surface area contributed by atoms with Crippen LogP contribution in [0.25, 0.3) is 0 Å². The van der Waals surface area contributed by atoms with Crippen molar-refractivity contribution in [2.24, 2.45) is 5.92 Å². The first-order chi connectivity index (χ1) is 12.0. The smallest absolute Gasteiger partial charge is 0.229 e. The number of rotatable bonds is 3. The van der Waals surface area contributed by atoms with Gasteiger partial charge in [0.2, 0.25) is 5.91 Å². The summed E-state index contributed by atoms with van der Waals surface area (Å²) in [7, 11) is 0. The molecule has 2 aromatic rings. The first-order valence-electron chi connectivity index (χ1n) is 7.95. The number of carbonyl (C=O) groups excluding carboxylic acids is 1. The van der Waals surface area contributed by atoms with Crippen LogP contribution in [0.2, 0.25) is 0 Å². The molecule has 25 heavy (non-hydrogen) atoms. The number of hydrogen-bond acceptors (Lipinski definition) is 4. The molecule has 0 saturated carbocycles. The number of nitrogens with one attached hydrogen (secondary N) is 1. The summed E-state index contributed by atoms with van der Waals surface area (Å²) in [5, 5.41) is 10.5. The van der Waals surface area contributed by atoms with Gasteiger partial charge in [0.25, 0.3) is 0 Å². The lowest BCUT2D eigenvalue weighted by molar-refractivity contribution is -0.120. The summed E-state index contributed by atoms with van der Waals surface area (Å²) in [6.07, 6.45) is 1.38. The van der Waals surface area contributed by atoms with Crippen molar-refractivity contribution in [2.45, 2.75) is 19.8 Å². The van der Waals surface area contributed by atoms with Crippen LogP contribution in [0.1, 0.15) is 18.5 Å². The Balaban J connectivity index is 1.70. The SMILES string of the molecule is Cc1ccc(N2CCCC(C(=O)Nc3ccc(F)c(F)c3F)C2)nn1. The molecule has 1 aromatic heterocycles. The number of carbonyl (C=O) groups is 1. The summed E-state index contributed by atoms with van der Waals surface area (Å²) in [6, 6.07) is 5.46. The number of halogens is 3. The summed E-state index contributed by atoms with van der Waals surface area (Å²) >= 11 is 0. The molecular weight excluding hydrogens is 333 g/mol. The molecule has 8 heteroatoms. The highest BCUT2D eigenvalue weighted by Crippen LogP contribution is 2.24. The third kappa shape index (κ3) is 3.72.